The number of anilines is 2. The topological polar surface area (TPSA) is 118 Å². The molecule has 0 atom stereocenters. The second-order valence-corrected chi connectivity index (χ2v) is 8.58. The minimum atomic E-state index is -3.78. The molecule has 7 nitrogen and oxygen atoms in total. The zero-order chi connectivity index (χ0) is 20.3. The first-order valence-electron chi connectivity index (χ1n) is 8.14. The number of carbonyl (C=O) groups is 2. The van der Waals surface area contributed by atoms with Crippen LogP contribution in [0.25, 0.3) is 0 Å². The first-order valence-corrected chi connectivity index (χ1v) is 10.5. The average Bonchev–Trinajstić information content (AvgIpc) is 3.10. The molecule has 0 saturated carbocycles. The molecule has 3 aromatic rings. The Kier molecular flexibility index (Phi) is 5.48. The molecule has 2 aromatic carbocycles. The Balaban J connectivity index is 1.80. The van der Waals surface area contributed by atoms with Crippen molar-refractivity contribution in [2.75, 3.05) is 10.0 Å². The van der Waals surface area contributed by atoms with Gasteiger partial charge in [-0.15, -0.1) is 11.3 Å². The van der Waals surface area contributed by atoms with Crippen molar-refractivity contribution in [2.45, 2.75) is 11.8 Å². The lowest BCUT2D eigenvalue weighted by Gasteiger charge is -2.10. The Labute approximate surface area is 166 Å². The highest BCUT2D eigenvalue weighted by Gasteiger charge is 2.16. The van der Waals surface area contributed by atoms with E-state index in [2.05, 4.69) is 10.0 Å². The first-order chi connectivity index (χ1) is 13.3. The second-order valence-electron chi connectivity index (χ2n) is 5.98. The summed E-state index contributed by atoms with van der Waals surface area (Å²) >= 11 is 1.17. The molecule has 0 unspecified atom stereocenters. The molecule has 3 rings (SSSR count). The van der Waals surface area contributed by atoms with Crippen LogP contribution < -0.4 is 15.8 Å². The van der Waals surface area contributed by atoms with Crippen LogP contribution >= 0.6 is 11.3 Å². The predicted molar refractivity (Wildman–Crippen MR) is 109 cm³/mol. The number of benzene rings is 2. The van der Waals surface area contributed by atoms with E-state index in [0.717, 1.165) is 5.56 Å². The summed E-state index contributed by atoms with van der Waals surface area (Å²) in [5.41, 5.74) is 6.91. The van der Waals surface area contributed by atoms with Gasteiger partial charge in [0.1, 0.15) is 5.00 Å². The van der Waals surface area contributed by atoms with Gasteiger partial charge in [0.15, 0.2) is 0 Å². The van der Waals surface area contributed by atoms with Crippen molar-refractivity contribution >= 4 is 43.9 Å². The van der Waals surface area contributed by atoms with Gasteiger partial charge in [-0.3, -0.25) is 14.3 Å². The van der Waals surface area contributed by atoms with Gasteiger partial charge in [0.2, 0.25) is 0 Å². The summed E-state index contributed by atoms with van der Waals surface area (Å²) < 4.78 is 27.5. The van der Waals surface area contributed by atoms with Gasteiger partial charge in [-0.2, -0.15) is 0 Å². The number of carbonyl (C=O) groups excluding carboxylic acids is 2. The maximum Gasteiger partial charge on any atom is 0.261 e. The second kappa shape index (κ2) is 7.83. The Bertz CT molecular complexity index is 1140. The van der Waals surface area contributed by atoms with E-state index in [4.69, 9.17) is 5.73 Å². The highest BCUT2D eigenvalue weighted by Crippen LogP contribution is 2.24. The molecule has 0 aliphatic rings. The normalized spacial score (nSPS) is 11.0. The number of amides is 2. The molecule has 1 aromatic heterocycles. The fourth-order valence-electron chi connectivity index (χ4n) is 2.43. The number of primary amides is 1. The Morgan fingerprint density at radius 1 is 1.04 bits per heavy atom. The van der Waals surface area contributed by atoms with E-state index in [-0.39, 0.29) is 21.7 Å². The molecule has 0 bridgehead atoms. The molecule has 0 aliphatic carbocycles. The third-order valence-corrected chi connectivity index (χ3v) is 6.09. The number of thiophene rings is 1. The maximum absolute atomic E-state index is 12.5. The van der Waals surface area contributed by atoms with E-state index < -0.39 is 21.8 Å². The van der Waals surface area contributed by atoms with Crippen LogP contribution in [0, 0.1) is 6.92 Å². The molecule has 0 fully saturated rings. The summed E-state index contributed by atoms with van der Waals surface area (Å²) in [5.74, 6) is -1.13. The smallest absolute Gasteiger partial charge is 0.261 e. The van der Waals surface area contributed by atoms with Gasteiger partial charge >= 0.3 is 0 Å². The van der Waals surface area contributed by atoms with E-state index in [9.17, 15) is 18.0 Å². The van der Waals surface area contributed by atoms with E-state index in [1.165, 1.54) is 41.7 Å². The third-order valence-electron chi connectivity index (χ3n) is 3.87. The van der Waals surface area contributed by atoms with Crippen LogP contribution in [0.1, 0.15) is 26.3 Å². The summed E-state index contributed by atoms with van der Waals surface area (Å²) in [6.07, 6.45) is 0. The molecule has 9 heteroatoms. The summed E-state index contributed by atoms with van der Waals surface area (Å²) in [6, 6.07) is 14.0. The first kappa shape index (κ1) is 19.6. The van der Waals surface area contributed by atoms with Crippen LogP contribution in [0.3, 0.4) is 0 Å². The van der Waals surface area contributed by atoms with Crippen molar-refractivity contribution in [1.29, 1.82) is 0 Å². The summed E-state index contributed by atoms with van der Waals surface area (Å²) in [7, 11) is -3.78. The minimum absolute atomic E-state index is 0.123. The predicted octanol–water partition coefficient (Wildman–Crippen LogP) is 3.21. The number of hydrogen-bond donors (Lipinski definition) is 3. The van der Waals surface area contributed by atoms with Crippen LogP contribution in [0.4, 0.5) is 10.7 Å². The average molecular weight is 415 g/mol. The molecule has 1 heterocycles. The SMILES string of the molecule is Cc1ccc(S(=O)(=O)Nc2cccc(C(=O)Nc3sccc3C(N)=O)c2)cc1. The van der Waals surface area contributed by atoms with Crippen molar-refractivity contribution in [2.24, 2.45) is 5.73 Å². The summed E-state index contributed by atoms with van der Waals surface area (Å²) in [5, 5.41) is 4.59. The van der Waals surface area contributed by atoms with Gasteiger partial charge in [0, 0.05) is 11.3 Å². The van der Waals surface area contributed by atoms with Crippen molar-refractivity contribution in [3.05, 3.63) is 76.7 Å². The lowest BCUT2D eigenvalue weighted by atomic mass is 10.2. The molecule has 4 N–H and O–H groups in total. The Hall–Kier alpha value is -3.17. The molecule has 2 amide bonds. The quantitative estimate of drug-likeness (QED) is 0.573. The highest BCUT2D eigenvalue weighted by atomic mass is 32.2. The fourth-order valence-corrected chi connectivity index (χ4v) is 4.27. The van der Waals surface area contributed by atoms with Crippen LogP contribution in [-0.2, 0) is 10.0 Å². The Morgan fingerprint density at radius 3 is 2.43 bits per heavy atom. The standard InChI is InChI=1S/C19H17N3O4S2/c1-12-5-7-15(8-6-12)28(25,26)22-14-4-2-3-13(11-14)18(24)21-19-16(17(20)23)9-10-27-19/h2-11,22H,1H3,(H2,20,23)(H,21,24). The van der Waals surface area contributed by atoms with Crippen LogP contribution in [0.5, 0.6) is 0 Å². The van der Waals surface area contributed by atoms with Gasteiger partial charge in [-0.25, -0.2) is 8.42 Å². The fraction of sp³-hybridized carbons (Fsp3) is 0.0526. The van der Waals surface area contributed by atoms with Crippen molar-refractivity contribution in [1.82, 2.24) is 0 Å². The van der Waals surface area contributed by atoms with Crippen molar-refractivity contribution in [3.8, 4) is 0 Å². The van der Waals surface area contributed by atoms with Crippen LogP contribution in [-0.4, -0.2) is 20.2 Å². The van der Waals surface area contributed by atoms with E-state index >= 15 is 0 Å². The maximum atomic E-state index is 12.5. The molecule has 0 radical (unpaired) electrons. The molecule has 0 aliphatic heterocycles. The molecular formula is C19H17N3O4S2. The van der Waals surface area contributed by atoms with Gasteiger partial charge in [-0.05, 0) is 48.7 Å². The van der Waals surface area contributed by atoms with Crippen molar-refractivity contribution in [3.63, 3.8) is 0 Å². The number of aryl methyl sites for hydroxylation is 1. The zero-order valence-corrected chi connectivity index (χ0v) is 16.4. The molecular weight excluding hydrogens is 398 g/mol. The Morgan fingerprint density at radius 2 is 1.75 bits per heavy atom. The number of nitrogens with two attached hydrogens (primary N) is 1. The van der Waals surface area contributed by atoms with Gasteiger partial charge in [-0.1, -0.05) is 23.8 Å². The number of sulfonamides is 1. The van der Waals surface area contributed by atoms with E-state index in [0.29, 0.717) is 5.00 Å². The third kappa shape index (κ3) is 4.38. The molecule has 28 heavy (non-hydrogen) atoms. The number of nitrogens with one attached hydrogen (secondary N) is 2. The largest absolute Gasteiger partial charge is 0.366 e. The summed E-state index contributed by atoms with van der Waals surface area (Å²) in [6.45, 7) is 1.86. The minimum Gasteiger partial charge on any atom is -0.366 e. The van der Waals surface area contributed by atoms with Crippen LogP contribution in [0.2, 0.25) is 0 Å². The number of rotatable bonds is 6. The number of hydrogen-bond acceptors (Lipinski definition) is 5. The zero-order valence-electron chi connectivity index (χ0n) is 14.8. The van der Waals surface area contributed by atoms with Gasteiger partial charge < -0.3 is 11.1 Å². The van der Waals surface area contributed by atoms with Gasteiger partial charge in [0.25, 0.3) is 21.8 Å². The molecule has 0 spiro atoms. The molecule has 0 saturated heterocycles. The van der Waals surface area contributed by atoms with Gasteiger partial charge in [0.05, 0.1) is 10.5 Å². The lowest BCUT2D eigenvalue weighted by Crippen LogP contribution is -2.17. The summed E-state index contributed by atoms with van der Waals surface area (Å²) in [4.78, 5) is 24.0. The highest BCUT2D eigenvalue weighted by molar-refractivity contribution is 7.92. The monoisotopic (exact) mass is 415 g/mol. The van der Waals surface area contributed by atoms with E-state index in [1.807, 2.05) is 6.92 Å². The molecule has 144 valence electrons. The van der Waals surface area contributed by atoms with Crippen molar-refractivity contribution < 1.29 is 18.0 Å². The lowest BCUT2D eigenvalue weighted by molar-refractivity contribution is 0.100. The van der Waals surface area contributed by atoms with E-state index in [1.54, 1.807) is 29.6 Å². The van der Waals surface area contributed by atoms with Crippen LogP contribution in [0.15, 0.2) is 64.9 Å².